The van der Waals surface area contributed by atoms with Gasteiger partial charge in [-0.3, -0.25) is 0 Å². The van der Waals surface area contributed by atoms with E-state index in [1.165, 1.54) is 5.56 Å². The summed E-state index contributed by atoms with van der Waals surface area (Å²) >= 11 is 3.42. The second kappa shape index (κ2) is 4.56. The van der Waals surface area contributed by atoms with Gasteiger partial charge in [0.2, 0.25) is 0 Å². The summed E-state index contributed by atoms with van der Waals surface area (Å²) in [6.45, 7) is 4.03. The van der Waals surface area contributed by atoms with Crippen molar-refractivity contribution in [3.05, 3.63) is 33.8 Å². The van der Waals surface area contributed by atoms with Gasteiger partial charge < -0.3 is 4.79 Å². The first-order valence-electron chi connectivity index (χ1n) is 4.42. The minimum Gasteiger partial charge on any atom is -0.303 e. The number of aldehydes is 1. The number of carbonyl (C=O) groups is 1. The van der Waals surface area contributed by atoms with E-state index in [-0.39, 0.29) is 5.92 Å². The third kappa shape index (κ3) is 2.41. The molecule has 1 unspecified atom stereocenters. The molecule has 0 aliphatic heterocycles. The van der Waals surface area contributed by atoms with Gasteiger partial charge in [0.1, 0.15) is 6.29 Å². The summed E-state index contributed by atoms with van der Waals surface area (Å²) in [7, 11) is 0. The van der Waals surface area contributed by atoms with Crippen LogP contribution in [-0.2, 0) is 11.2 Å². The number of hydrogen-bond donors (Lipinski definition) is 0. The smallest absolute Gasteiger partial charge is 0.127 e. The van der Waals surface area contributed by atoms with E-state index >= 15 is 0 Å². The molecule has 0 fully saturated rings. The van der Waals surface area contributed by atoms with Gasteiger partial charge in [0.25, 0.3) is 0 Å². The predicted octanol–water partition coefficient (Wildman–Crippen LogP) is 3.31. The Bertz CT molecular complexity index is 307. The van der Waals surface area contributed by atoms with Crippen LogP contribution in [0, 0.1) is 0 Å². The number of rotatable bonds is 3. The average Bonchev–Trinajstić information content (AvgIpc) is 2.16. The summed E-state index contributed by atoms with van der Waals surface area (Å²) < 4.78 is 1.08. The molecule has 1 nitrogen and oxygen atoms in total. The lowest BCUT2D eigenvalue weighted by Gasteiger charge is -2.10. The van der Waals surface area contributed by atoms with Crippen molar-refractivity contribution in [1.82, 2.24) is 0 Å². The highest BCUT2D eigenvalue weighted by Gasteiger charge is 2.08. The molecule has 0 aliphatic carbocycles. The molecule has 70 valence electrons. The fourth-order valence-electron chi connectivity index (χ4n) is 1.40. The van der Waals surface area contributed by atoms with Crippen LogP contribution in [0.5, 0.6) is 0 Å². The summed E-state index contributed by atoms with van der Waals surface area (Å²) in [5, 5.41) is 0. The van der Waals surface area contributed by atoms with Crippen LogP contribution < -0.4 is 0 Å². The summed E-state index contributed by atoms with van der Waals surface area (Å²) in [6.07, 6.45) is 1.95. The van der Waals surface area contributed by atoms with E-state index in [4.69, 9.17) is 0 Å². The van der Waals surface area contributed by atoms with E-state index < -0.39 is 0 Å². The quantitative estimate of drug-likeness (QED) is 0.742. The molecule has 0 aliphatic rings. The van der Waals surface area contributed by atoms with Crippen LogP contribution in [0.1, 0.15) is 30.9 Å². The van der Waals surface area contributed by atoms with Crippen molar-refractivity contribution in [1.29, 1.82) is 0 Å². The maximum absolute atomic E-state index is 10.6. The standard InChI is InChI=1S/C11H13BrO/c1-3-9-6-10(12)4-5-11(9)8(2)7-13/h4-8H,3H2,1-2H3. The van der Waals surface area contributed by atoms with E-state index in [1.807, 2.05) is 19.1 Å². The fraction of sp³-hybridized carbons (Fsp3) is 0.364. The van der Waals surface area contributed by atoms with Gasteiger partial charge in [0.15, 0.2) is 0 Å². The van der Waals surface area contributed by atoms with E-state index in [2.05, 4.69) is 28.9 Å². The Kier molecular flexibility index (Phi) is 3.67. The van der Waals surface area contributed by atoms with Gasteiger partial charge in [-0.05, 0) is 29.7 Å². The molecule has 0 amide bonds. The van der Waals surface area contributed by atoms with Gasteiger partial charge in [-0.15, -0.1) is 0 Å². The summed E-state index contributed by atoms with van der Waals surface area (Å²) in [5.41, 5.74) is 2.38. The molecule has 1 rings (SSSR count). The lowest BCUT2D eigenvalue weighted by Crippen LogP contribution is -1.99. The van der Waals surface area contributed by atoms with Gasteiger partial charge in [0.05, 0.1) is 0 Å². The van der Waals surface area contributed by atoms with E-state index in [9.17, 15) is 4.79 Å². The van der Waals surface area contributed by atoms with Gasteiger partial charge in [-0.25, -0.2) is 0 Å². The Morgan fingerprint density at radius 1 is 1.54 bits per heavy atom. The van der Waals surface area contributed by atoms with Crippen molar-refractivity contribution in [3.8, 4) is 0 Å². The monoisotopic (exact) mass is 240 g/mol. The second-order valence-corrected chi connectivity index (χ2v) is 4.04. The Balaban J connectivity index is 3.12. The Morgan fingerprint density at radius 2 is 2.23 bits per heavy atom. The summed E-state index contributed by atoms with van der Waals surface area (Å²) in [6, 6.07) is 6.08. The topological polar surface area (TPSA) is 17.1 Å². The van der Waals surface area contributed by atoms with Gasteiger partial charge in [-0.1, -0.05) is 35.8 Å². The number of carbonyl (C=O) groups excluding carboxylic acids is 1. The van der Waals surface area contributed by atoms with Crippen LogP contribution in [0.3, 0.4) is 0 Å². The van der Waals surface area contributed by atoms with Crippen LogP contribution in [0.2, 0.25) is 0 Å². The van der Waals surface area contributed by atoms with E-state index in [0.717, 1.165) is 22.7 Å². The van der Waals surface area contributed by atoms with Crippen molar-refractivity contribution in [3.63, 3.8) is 0 Å². The first-order chi connectivity index (χ1) is 6.19. The lowest BCUT2D eigenvalue weighted by molar-refractivity contribution is -0.108. The van der Waals surface area contributed by atoms with Crippen molar-refractivity contribution < 1.29 is 4.79 Å². The molecule has 2 heteroatoms. The molecule has 0 heterocycles. The molecule has 0 radical (unpaired) electrons. The molecule has 0 saturated heterocycles. The van der Waals surface area contributed by atoms with Gasteiger partial charge in [-0.2, -0.15) is 0 Å². The van der Waals surface area contributed by atoms with Gasteiger partial charge in [0, 0.05) is 10.4 Å². The van der Waals surface area contributed by atoms with Crippen molar-refractivity contribution in [2.24, 2.45) is 0 Å². The van der Waals surface area contributed by atoms with Crippen LogP contribution >= 0.6 is 15.9 Å². The minimum absolute atomic E-state index is 0.00282. The summed E-state index contributed by atoms with van der Waals surface area (Å²) in [5.74, 6) is 0.00282. The molecule has 0 bridgehead atoms. The minimum atomic E-state index is 0.00282. The van der Waals surface area contributed by atoms with Crippen LogP contribution in [-0.4, -0.2) is 6.29 Å². The highest BCUT2D eigenvalue weighted by atomic mass is 79.9. The average molecular weight is 241 g/mol. The number of benzene rings is 1. The van der Waals surface area contributed by atoms with Crippen LogP contribution in [0.4, 0.5) is 0 Å². The third-order valence-corrected chi connectivity index (χ3v) is 2.67. The molecular weight excluding hydrogens is 228 g/mol. The molecule has 1 aromatic carbocycles. The number of halogens is 1. The molecule has 0 N–H and O–H groups in total. The van der Waals surface area contributed by atoms with Crippen LogP contribution in [0.25, 0.3) is 0 Å². The van der Waals surface area contributed by atoms with Crippen molar-refractivity contribution >= 4 is 22.2 Å². The molecule has 0 aromatic heterocycles. The Hall–Kier alpha value is -0.630. The Labute approximate surface area is 87.3 Å². The second-order valence-electron chi connectivity index (χ2n) is 3.12. The van der Waals surface area contributed by atoms with Crippen LogP contribution in [0.15, 0.2) is 22.7 Å². The zero-order chi connectivity index (χ0) is 9.84. The molecule has 0 saturated carbocycles. The van der Waals surface area contributed by atoms with Gasteiger partial charge >= 0.3 is 0 Å². The maximum atomic E-state index is 10.6. The molecule has 13 heavy (non-hydrogen) atoms. The molecule has 1 atom stereocenters. The zero-order valence-electron chi connectivity index (χ0n) is 7.88. The SMILES string of the molecule is CCc1cc(Br)ccc1C(C)C=O. The largest absolute Gasteiger partial charge is 0.303 e. The highest BCUT2D eigenvalue weighted by molar-refractivity contribution is 9.10. The first kappa shape index (κ1) is 10.5. The van der Waals surface area contributed by atoms with E-state index in [0.29, 0.717) is 0 Å². The Morgan fingerprint density at radius 3 is 2.77 bits per heavy atom. The third-order valence-electron chi connectivity index (χ3n) is 2.18. The van der Waals surface area contributed by atoms with E-state index in [1.54, 1.807) is 0 Å². The predicted molar refractivity (Wildman–Crippen MR) is 58.0 cm³/mol. The van der Waals surface area contributed by atoms with Crippen molar-refractivity contribution in [2.75, 3.05) is 0 Å². The summed E-state index contributed by atoms with van der Waals surface area (Å²) in [4.78, 5) is 10.6. The number of aryl methyl sites for hydroxylation is 1. The number of hydrogen-bond acceptors (Lipinski definition) is 1. The molecular formula is C11H13BrO. The first-order valence-corrected chi connectivity index (χ1v) is 5.22. The maximum Gasteiger partial charge on any atom is 0.127 e. The fourth-order valence-corrected chi connectivity index (χ4v) is 1.81. The molecule has 0 spiro atoms. The van der Waals surface area contributed by atoms with Crippen molar-refractivity contribution in [2.45, 2.75) is 26.2 Å². The highest BCUT2D eigenvalue weighted by Crippen LogP contribution is 2.22. The normalized spacial score (nSPS) is 12.5. The zero-order valence-corrected chi connectivity index (χ0v) is 9.47. The lowest BCUT2D eigenvalue weighted by atomic mass is 9.96. The molecule has 1 aromatic rings.